The number of aliphatic carboxylic acids is 2. The van der Waals surface area contributed by atoms with Gasteiger partial charge in [-0.1, -0.05) is 26.0 Å². The second-order valence-electron chi connectivity index (χ2n) is 7.06. The molecule has 0 saturated heterocycles. The maximum absolute atomic E-state index is 9.41. The number of hydrogen-bond donors (Lipinski definition) is 1. The highest BCUT2D eigenvalue weighted by molar-refractivity contribution is 5.88. The molecule has 1 aromatic heterocycles. The van der Waals surface area contributed by atoms with Crippen LogP contribution in [0.4, 0.5) is 0 Å². The predicted molar refractivity (Wildman–Crippen MR) is 105 cm³/mol. The van der Waals surface area contributed by atoms with Crippen molar-refractivity contribution in [1.29, 1.82) is 0 Å². The Kier molecular flexibility index (Phi) is 8.26. The van der Waals surface area contributed by atoms with Crippen molar-refractivity contribution in [3.05, 3.63) is 47.7 Å². The number of carbonyl (C=O) groups excluding carboxylic acids is 2. The lowest BCUT2D eigenvalue weighted by Crippen LogP contribution is -2.38. The van der Waals surface area contributed by atoms with E-state index < -0.39 is 11.9 Å². The van der Waals surface area contributed by atoms with Crippen molar-refractivity contribution in [1.82, 2.24) is 9.88 Å². The number of aryl methyl sites for hydroxylation is 1. The van der Waals surface area contributed by atoms with Crippen molar-refractivity contribution in [2.24, 2.45) is 0 Å². The van der Waals surface area contributed by atoms with Crippen LogP contribution in [-0.4, -0.2) is 41.0 Å². The number of carbonyl (C=O) groups is 2. The Bertz CT molecular complexity index is 803. The Morgan fingerprint density at radius 1 is 1.11 bits per heavy atom. The third kappa shape index (κ3) is 5.96. The molecule has 1 unspecified atom stereocenters. The Balaban J connectivity index is 0.000000300. The van der Waals surface area contributed by atoms with Crippen molar-refractivity contribution in [2.75, 3.05) is 13.1 Å². The molecule has 3 rings (SSSR count). The van der Waals surface area contributed by atoms with Gasteiger partial charge in [0.25, 0.3) is 0 Å². The molecule has 28 heavy (non-hydrogen) atoms. The Morgan fingerprint density at radius 3 is 2.32 bits per heavy atom. The molecule has 152 valence electrons. The van der Waals surface area contributed by atoms with E-state index in [2.05, 4.69) is 48.1 Å². The zero-order chi connectivity index (χ0) is 20.5. The quantitative estimate of drug-likeness (QED) is 0.723. The molecule has 0 amide bonds. The molecule has 0 saturated carbocycles. The lowest BCUT2D eigenvalue weighted by molar-refractivity contribution is -0.301. The van der Waals surface area contributed by atoms with Crippen LogP contribution < -0.4 is 10.2 Å². The fourth-order valence-corrected chi connectivity index (χ4v) is 3.88. The molecule has 6 nitrogen and oxygen atoms in total. The number of hydrogen-bond acceptors (Lipinski definition) is 5. The molecule has 0 bridgehead atoms. The van der Waals surface area contributed by atoms with E-state index in [-0.39, 0.29) is 0 Å². The van der Waals surface area contributed by atoms with Gasteiger partial charge in [-0.2, -0.15) is 0 Å². The smallest absolute Gasteiger partial charge is 0.0643 e. The monoisotopic (exact) mass is 384 g/mol. The summed E-state index contributed by atoms with van der Waals surface area (Å²) in [7, 11) is 0. The predicted octanol–water partition coefficient (Wildman–Crippen LogP) is 1.19. The fourth-order valence-electron chi connectivity index (χ4n) is 3.88. The first kappa shape index (κ1) is 21.7. The summed E-state index contributed by atoms with van der Waals surface area (Å²) in [4.78, 5) is 25.0. The van der Waals surface area contributed by atoms with Gasteiger partial charge in [0.1, 0.15) is 0 Å². The number of benzene rings is 1. The first-order valence-corrected chi connectivity index (χ1v) is 9.88. The van der Waals surface area contributed by atoms with Crippen molar-refractivity contribution >= 4 is 22.8 Å². The van der Waals surface area contributed by atoms with Crippen LogP contribution in [0.15, 0.2) is 36.5 Å². The first-order chi connectivity index (χ1) is 13.5. The number of carboxylic acids is 2. The molecule has 1 heterocycles. The average Bonchev–Trinajstić information content (AvgIpc) is 2.98. The van der Waals surface area contributed by atoms with Crippen LogP contribution in [0.5, 0.6) is 0 Å². The summed E-state index contributed by atoms with van der Waals surface area (Å²) in [6.07, 6.45) is 9.22. The summed E-state index contributed by atoms with van der Waals surface area (Å²) in [5.74, 6) is -3.09. The number of nitrogens with zero attached hydrogens (tertiary/aromatic N) is 1. The van der Waals surface area contributed by atoms with Gasteiger partial charge in [-0.3, -0.25) is 0 Å². The van der Waals surface area contributed by atoms with Crippen molar-refractivity contribution in [3.8, 4) is 0 Å². The van der Waals surface area contributed by atoms with Gasteiger partial charge in [-0.05, 0) is 74.5 Å². The summed E-state index contributed by atoms with van der Waals surface area (Å²) in [6, 6.07) is 7.45. The molecule has 0 spiro atoms. The summed E-state index contributed by atoms with van der Waals surface area (Å²) in [6.45, 7) is 7.07. The van der Waals surface area contributed by atoms with Crippen molar-refractivity contribution < 1.29 is 19.8 Å². The van der Waals surface area contributed by atoms with Gasteiger partial charge >= 0.3 is 0 Å². The first-order valence-electron chi connectivity index (χ1n) is 9.88. The minimum atomic E-state index is -1.55. The van der Waals surface area contributed by atoms with Crippen LogP contribution in [0.3, 0.4) is 0 Å². The van der Waals surface area contributed by atoms with Crippen LogP contribution in [0, 0.1) is 0 Å². The van der Waals surface area contributed by atoms with E-state index >= 15 is 0 Å². The van der Waals surface area contributed by atoms with Gasteiger partial charge in [0.15, 0.2) is 0 Å². The molecule has 2 aromatic rings. The number of H-pyrrole nitrogens is 1. The molecule has 0 radical (unpaired) electrons. The van der Waals surface area contributed by atoms with Crippen LogP contribution in [-0.2, 0) is 22.4 Å². The summed E-state index contributed by atoms with van der Waals surface area (Å²) in [5.41, 5.74) is 4.38. The lowest BCUT2D eigenvalue weighted by atomic mass is 10.0. The van der Waals surface area contributed by atoms with Gasteiger partial charge in [0.2, 0.25) is 0 Å². The SMILES string of the molecule is CCCN(CCC)C1CCc2c[nH]c3cccc(c23)C1.O=C([O-])/C=C\C(=O)[O-]. The highest BCUT2D eigenvalue weighted by Crippen LogP contribution is 2.30. The van der Waals surface area contributed by atoms with Gasteiger partial charge in [-0.25, -0.2) is 0 Å². The van der Waals surface area contributed by atoms with Crippen molar-refractivity contribution in [3.63, 3.8) is 0 Å². The van der Waals surface area contributed by atoms with Crippen molar-refractivity contribution in [2.45, 2.75) is 52.0 Å². The molecule has 1 aliphatic rings. The molecule has 1 atom stereocenters. The molecule has 1 N–H and O–H groups in total. The third-order valence-electron chi connectivity index (χ3n) is 4.97. The number of rotatable bonds is 7. The fraction of sp³-hybridized carbons (Fsp3) is 0.455. The Labute approximate surface area is 165 Å². The number of carboxylic acid groups (broad SMARTS) is 2. The second-order valence-corrected chi connectivity index (χ2v) is 7.06. The minimum Gasteiger partial charge on any atom is -0.545 e. The normalized spacial score (nSPS) is 16.0. The van der Waals surface area contributed by atoms with E-state index in [1.165, 1.54) is 61.7 Å². The zero-order valence-corrected chi connectivity index (χ0v) is 16.6. The lowest BCUT2D eigenvalue weighted by Gasteiger charge is -2.30. The van der Waals surface area contributed by atoms with E-state index in [1.54, 1.807) is 5.56 Å². The Morgan fingerprint density at radius 2 is 1.75 bits per heavy atom. The Hall–Kier alpha value is -2.60. The molecular formula is C22H28N2O4-2. The molecule has 6 heteroatoms. The van der Waals surface area contributed by atoms with Crippen LogP contribution in [0.1, 0.15) is 44.2 Å². The van der Waals surface area contributed by atoms with E-state index in [0.29, 0.717) is 18.2 Å². The van der Waals surface area contributed by atoms with Gasteiger partial charge < -0.3 is 29.7 Å². The van der Waals surface area contributed by atoms with E-state index in [0.717, 1.165) is 0 Å². The average molecular weight is 384 g/mol. The molecule has 0 fully saturated rings. The number of aromatic nitrogens is 1. The highest BCUT2D eigenvalue weighted by Gasteiger charge is 2.23. The number of aromatic amines is 1. The van der Waals surface area contributed by atoms with Crippen LogP contribution in [0.25, 0.3) is 10.9 Å². The van der Waals surface area contributed by atoms with Gasteiger partial charge in [0.05, 0.1) is 11.9 Å². The summed E-state index contributed by atoms with van der Waals surface area (Å²) >= 11 is 0. The third-order valence-corrected chi connectivity index (χ3v) is 4.97. The molecule has 1 aliphatic carbocycles. The van der Waals surface area contributed by atoms with Gasteiger partial charge in [0, 0.05) is 23.1 Å². The maximum atomic E-state index is 9.41. The highest BCUT2D eigenvalue weighted by atomic mass is 16.4. The molecule has 1 aromatic carbocycles. The van der Waals surface area contributed by atoms with E-state index in [4.69, 9.17) is 0 Å². The van der Waals surface area contributed by atoms with E-state index in [1.807, 2.05) is 0 Å². The number of nitrogens with one attached hydrogen (secondary N) is 1. The zero-order valence-electron chi connectivity index (χ0n) is 16.6. The topological polar surface area (TPSA) is 99.3 Å². The summed E-state index contributed by atoms with van der Waals surface area (Å²) < 4.78 is 0. The van der Waals surface area contributed by atoms with Crippen LogP contribution >= 0.6 is 0 Å². The maximum Gasteiger partial charge on any atom is 0.0643 e. The largest absolute Gasteiger partial charge is 0.545 e. The summed E-state index contributed by atoms with van der Waals surface area (Å²) in [5, 5.41) is 20.3. The minimum absolute atomic E-state index is 0.384. The molecular weight excluding hydrogens is 356 g/mol. The van der Waals surface area contributed by atoms with Gasteiger partial charge in [-0.15, -0.1) is 0 Å². The second kappa shape index (κ2) is 10.7. The standard InChI is InChI=1S/C18H26N2.C4H4O4/c1-3-10-20(11-4-2)16-9-8-15-13-19-17-7-5-6-14(12-16)18(15)17;5-3(6)1-2-4(7)8/h5-7,13,16,19H,3-4,8-12H2,1-2H3;1-2H,(H,5,6)(H,7,8)/p-2/b;2-1-. The van der Waals surface area contributed by atoms with E-state index in [9.17, 15) is 19.8 Å². The van der Waals surface area contributed by atoms with Crippen LogP contribution in [0.2, 0.25) is 0 Å². The molecule has 0 aliphatic heterocycles.